The number of hydrogen-bond donors (Lipinski definition) is 1. The molecule has 20 heavy (non-hydrogen) atoms. The molecular formula is C15H24BrN3O. The number of rotatable bonds is 4. The van der Waals surface area contributed by atoms with Gasteiger partial charge in [0.2, 0.25) is 0 Å². The van der Waals surface area contributed by atoms with Gasteiger partial charge in [0.05, 0.1) is 22.5 Å². The number of halogens is 1. The summed E-state index contributed by atoms with van der Waals surface area (Å²) in [5.41, 5.74) is 0.973. The van der Waals surface area contributed by atoms with Crippen molar-refractivity contribution < 1.29 is 5.11 Å². The summed E-state index contributed by atoms with van der Waals surface area (Å²) in [6, 6.07) is 1.32. The van der Waals surface area contributed by atoms with Gasteiger partial charge in [0, 0.05) is 18.6 Å². The highest BCUT2D eigenvalue weighted by Gasteiger charge is 2.41. The van der Waals surface area contributed by atoms with Gasteiger partial charge < -0.3 is 10.0 Å². The number of aliphatic hydroxyl groups excluding tert-OH is 1. The Kier molecular flexibility index (Phi) is 4.20. The van der Waals surface area contributed by atoms with E-state index in [0.717, 1.165) is 36.0 Å². The van der Waals surface area contributed by atoms with Gasteiger partial charge in [-0.15, -0.1) is 0 Å². The Hall–Kier alpha value is -0.390. The molecule has 0 spiro atoms. The minimum Gasteiger partial charge on any atom is -0.386 e. The molecule has 2 saturated heterocycles. The van der Waals surface area contributed by atoms with Crippen LogP contribution in [0.15, 0.2) is 10.7 Å². The first-order valence-corrected chi connectivity index (χ1v) is 8.52. The van der Waals surface area contributed by atoms with Crippen LogP contribution in [-0.4, -0.2) is 38.9 Å². The zero-order valence-corrected chi connectivity index (χ0v) is 13.9. The minimum absolute atomic E-state index is 0.368. The Morgan fingerprint density at radius 3 is 2.65 bits per heavy atom. The van der Waals surface area contributed by atoms with E-state index in [4.69, 9.17) is 0 Å². The Labute approximate surface area is 129 Å². The van der Waals surface area contributed by atoms with Crippen molar-refractivity contribution >= 4 is 15.9 Å². The van der Waals surface area contributed by atoms with E-state index in [-0.39, 0.29) is 0 Å². The molecule has 0 amide bonds. The van der Waals surface area contributed by atoms with E-state index >= 15 is 0 Å². The molecule has 2 fully saturated rings. The summed E-state index contributed by atoms with van der Waals surface area (Å²) in [5, 5.41) is 15.3. The van der Waals surface area contributed by atoms with Crippen LogP contribution < -0.4 is 0 Å². The summed E-state index contributed by atoms with van der Waals surface area (Å²) in [5.74, 6) is 0.368. The fourth-order valence-electron chi connectivity index (χ4n) is 3.99. The van der Waals surface area contributed by atoms with Gasteiger partial charge in [0.1, 0.15) is 0 Å². The monoisotopic (exact) mass is 341 g/mol. The fraction of sp³-hybridized carbons (Fsp3) is 0.800. The van der Waals surface area contributed by atoms with Crippen molar-refractivity contribution in [3.05, 3.63) is 16.4 Å². The van der Waals surface area contributed by atoms with Crippen molar-refractivity contribution in [2.75, 3.05) is 7.05 Å². The summed E-state index contributed by atoms with van der Waals surface area (Å²) in [7, 11) is 2.24. The molecule has 3 unspecified atom stereocenters. The molecule has 2 bridgehead atoms. The van der Waals surface area contributed by atoms with Crippen LogP contribution in [-0.2, 0) is 6.54 Å². The lowest BCUT2D eigenvalue weighted by Gasteiger charge is -2.38. The predicted octanol–water partition coefficient (Wildman–Crippen LogP) is 2.96. The molecular weight excluding hydrogens is 318 g/mol. The highest BCUT2D eigenvalue weighted by atomic mass is 79.9. The molecule has 3 heterocycles. The Morgan fingerprint density at radius 1 is 1.40 bits per heavy atom. The maximum atomic E-state index is 10.9. The first-order valence-electron chi connectivity index (χ1n) is 7.73. The molecule has 5 heteroatoms. The highest BCUT2D eigenvalue weighted by molar-refractivity contribution is 9.10. The first kappa shape index (κ1) is 14.5. The number of aromatic nitrogens is 2. The van der Waals surface area contributed by atoms with Crippen molar-refractivity contribution in [2.45, 2.75) is 63.8 Å². The van der Waals surface area contributed by atoms with Crippen molar-refractivity contribution in [2.24, 2.45) is 5.92 Å². The van der Waals surface area contributed by atoms with Gasteiger partial charge in [-0.2, -0.15) is 5.10 Å². The molecule has 0 aromatic carbocycles. The highest BCUT2D eigenvalue weighted by Crippen LogP contribution is 2.43. The first-order chi connectivity index (χ1) is 9.61. The van der Waals surface area contributed by atoms with Gasteiger partial charge in [-0.1, -0.05) is 6.92 Å². The lowest BCUT2D eigenvalue weighted by molar-refractivity contribution is 0.0302. The third kappa shape index (κ3) is 2.44. The van der Waals surface area contributed by atoms with Crippen LogP contribution in [0.5, 0.6) is 0 Å². The van der Waals surface area contributed by atoms with Crippen LogP contribution >= 0.6 is 15.9 Å². The molecule has 3 atom stereocenters. The SMILES string of the molecule is CCCn1ncc(Br)c1C(O)C1CC2CCC(C1)N2C. The molecule has 112 valence electrons. The number of fused-ring (bicyclic) bond motifs is 2. The molecule has 0 radical (unpaired) electrons. The van der Waals surface area contributed by atoms with Gasteiger partial charge in [-0.05, 0) is 61.0 Å². The van der Waals surface area contributed by atoms with Gasteiger partial charge in [0.15, 0.2) is 0 Å². The number of nitrogens with zero attached hydrogens (tertiary/aromatic N) is 3. The zero-order valence-electron chi connectivity index (χ0n) is 12.3. The van der Waals surface area contributed by atoms with Crippen LogP contribution in [0.1, 0.15) is 50.8 Å². The van der Waals surface area contributed by atoms with Crippen LogP contribution in [0.3, 0.4) is 0 Å². The maximum Gasteiger partial charge on any atom is 0.0997 e. The smallest absolute Gasteiger partial charge is 0.0997 e. The van der Waals surface area contributed by atoms with Crippen molar-refractivity contribution in [3.63, 3.8) is 0 Å². The molecule has 2 aliphatic rings. The van der Waals surface area contributed by atoms with Crippen LogP contribution in [0, 0.1) is 5.92 Å². The maximum absolute atomic E-state index is 10.9. The number of hydrogen-bond acceptors (Lipinski definition) is 3. The zero-order chi connectivity index (χ0) is 14.3. The Morgan fingerprint density at radius 2 is 2.05 bits per heavy atom. The summed E-state index contributed by atoms with van der Waals surface area (Å²) >= 11 is 3.56. The second-order valence-electron chi connectivity index (χ2n) is 6.33. The van der Waals surface area contributed by atoms with Gasteiger partial charge in [0.25, 0.3) is 0 Å². The predicted molar refractivity (Wildman–Crippen MR) is 82.5 cm³/mol. The average molecular weight is 342 g/mol. The lowest BCUT2D eigenvalue weighted by Crippen LogP contribution is -2.41. The number of piperidine rings is 1. The van der Waals surface area contributed by atoms with E-state index in [1.807, 2.05) is 10.9 Å². The van der Waals surface area contributed by atoms with E-state index in [1.165, 1.54) is 12.8 Å². The van der Waals surface area contributed by atoms with Crippen LogP contribution in [0.25, 0.3) is 0 Å². The third-order valence-electron chi connectivity index (χ3n) is 5.13. The lowest BCUT2D eigenvalue weighted by atomic mass is 9.85. The quantitative estimate of drug-likeness (QED) is 0.915. The van der Waals surface area contributed by atoms with Crippen LogP contribution in [0.4, 0.5) is 0 Å². The van der Waals surface area contributed by atoms with E-state index < -0.39 is 6.10 Å². The third-order valence-corrected chi connectivity index (χ3v) is 5.74. The molecule has 3 rings (SSSR count). The molecule has 4 nitrogen and oxygen atoms in total. The standard InChI is InChI=1S/C15H24BrN3O/c1-3-6-19-14(13(16)9-17-19)15(20)10-7-11-4-5-12(8-10)18(11)2/h9-12,15,20H,3-8H2,1-2H3. The van der Waals surface area contributed by atoms with Crippen LogP contribution in [0.2, 0.25) is 0 Å². The summed E-state index contributed by atoms with van der Waals surface area (Å²) in [4.78, 5) is 2.52. The van der Waals surface area contributed by atoms with Gasteiger partial charge in [-0.25, -0.2) is 0 Å². The van der Waals surface area contributed by atoms with E-state index in [1.54, 1.807) is 0 Å². The van der Waals surface area contributed by atoms with Gasteiger partial charge >= 0.3 is 0 Å². The molecule has 2 aliphatic heterocycles. The average Bonchev–Trinajstić information content (AvgIpc) is 2.86. The molecule has 1 aromatic heterocycles. The molecule has 1 N–H and O–H groups in total. The number of aliphatic hydroxyl groups is 1. The van der Waals surface area contributed by atoms with E-state index in [9.17, 15) is 5.11 Å². The Bertz CT molecular complexity index is 462. The molecule has 0 saturated carbocycles. The summed E-state index contributed by atoms with van der Waals surface area (Å²) in [6.07, 6.45) is 7.26. The van der Waals surface area contributed by atoms with Crippen molar-refractivity contribution in [3.8, 4) is 0 Å². The van der Waals surface area contributed by atoms with Crippen molar-refractivity contribution in [1.82, 2.24) is 14.7 Å². The van der Waals surface area contributed by atoms with E-state index in [2.05, 4.69) is 39.9 Å². The fourth-order valence-corrected chi connectivity index (χ4v) is 4.52. The summed E-state index contributed by atoms with van der Waals surface area (Å²) < 4.78 is 2.92. The van der Waals surface area contributed by atoms with E-state index in [0.29, 0.717) is 18.0 Å². The number of aryl methyl sites for hydroxylation is 1. The second-order valence-corrected chi connectivity index (χ2v) is 7.18. The largest absolute Gasteiger partial charge is 0.386 e. The van der Waals surface area contributed by atoms with Crippen molar-refractivity contribution in [1.29, 1.82) is 0 Å². The molecule has 0 aliphatic carbocycles. The van der Waals surface area contributed by atoms with Gasteiger partial charge in [-0.3, -0.25) is 4.68 Å². The molecule has 1 aromatic rings. The summed E-state index contributed by atoms with van der Waals surface area (Å²) in [6.45, 7) is 3.01. The normalized spacial score (nSPS) is 31.7. The topological polar surface area (TPSA) is 41.3 Å². The Balaban J connectivity index is 1.79. The minimum atomic E-state index is -0.393. The second kappa shape index (κ2) is 5.78.